The minimum Gasteiger partial charge on any atom is -0.310 e. The smallest absolute Gasteiger partial charge is 0.0291 e. The highest BCUT2D eigenvalue weighted by atomic mass is 15.1. The maximum atomic E-state index is 3.65. The number of hydrogen-bond acceptors (Lipinski definition) is 2. The Morgan fingerprint density at radius 2 is 1.81 bits per heavy atom. The molecule has 1 aromatic carbocycles. The van der Waals surface area contributed by atoms with Gasteiger partial charge in [0.05, 0.1) is 0 Å². The number of benzene rings is 1. The first-order chi connectivity index (χ1) is 10.2. The highest BCUT2D eigenvalue weighted by Gasteiger charge is 2.17. The van der Waals surface area contributed by atoms with Crippen molar-refractivity contribution >= 4 is 0 Å². The zero-order valence-corrected chi connectivity index (χ0v) is 14.1. The molecule has 2 rings (SSSR count). The molecule has 0 heterocycles. The van der Waals surface area contributed by atoms with Gasteiger partial charge in [0.25, 0.3) is 0 Å². The minimum absolute atomic E-state index is 0.450. The summed E-state index contributed by atoms with van der Waals surface area (Å²) >= 11 is 0. The molecule has 1 N–H and O–H groups in total. The molecule has 1 unspecified atom stereocenters. The Bertz CT molecular complexity index is 393. The lowest BCUT2D eigenvalue weighted by Crippen LogP contribution is -2.35. The molecule has 21 heavy (non-hydrogen) atoms. The summed E-state index contributed by atoms with van der Waals surface area (Å²) in [6, 6.07) is 10.2. The maximum absolute atomic E-state index is 3.65. The van der Waals surface area contributed by atoms with Crippen LogP contribution in [0, 0.1) is 6.92 Å². The molecule has 0 aliphatic heterocycles. The van der Waals surface area contributed by atoms with Gasteiger partial charge in [-0.15, -0.1) is 0 Å². The lowest BCUT2D eigenvalue weighted by Gasteiger charge is -2.31. The second kappa shape index (κ2) is 8.55. The fraction of sp³-hybridized carbons (Fsp3) is 0.684. The first-order valence-corrected chi connectivity index (χ1v) is 8.67. The average Bonchev–Trinajstić information content (AvgIpc) is 2.52. The Morgan fingerprint density at radius 1 is 1.14 bits per heavy atom. The van der Waals surface area contributed by atoms with E-state index in [1.165, 1.54) is 56.2 Å². The Balaban J connectivity index is 1.63. The van der Waals surface area contributed by atoms with Crippen LogP contribution in [0.25, 0.3) is 0 Å². The highest BCUT2D eigenvalue weighted by molar-refractivity contribution is 5.23. The van der Waals surface area contributed by atoms with E-state index in [1.807, 2.05) is 0 Å². The van der Waals surface area contributed by atoms with Crippen molar-refractivity contribution in [1.29, 1.82) is 0 Å². The van der Waals surface area contributed by atoms with Crippen LogP contribution in [0.4, 0.5) is 0 Å². The Hall–Kier alpha value is -0.860. The third-order valence-corrected chi connectivity index (χ3v) is 4.91. The molecule has 0 saturated heterocycles. The van der Waals surface area contributed by atoms with E-state index in [-0.39, 0.29) is 0 Å². The van der Waals surface area contributed by atoms with Gasteiger partial charge in [0.15, 0.2) is 0 Å². The molecule has 1 aliphatic carbocycles. The first-order valence-electron chi connectivity index (χ1n) is 8.67. The lowest BCUT2D eigenvalue weighted by molar-refractivity contribution is 0.189. The first kappa shape index (κ1) is 16.5. The largest absolute Gasteiger partial charge is 0.310 e. The summed E-state index contributed by atoms with van der Waals surface area (Å²) in [4.78, 5) is 2.58. The molecule has 2 nitrogen and oxygen atoms in total. The lowest BCUT2D eigenvalue weighted by atomic mass is 9.94. The van der Waals surface area contributed by atoms with Crippen molar-refractivity contribution in [2.45, 2.75) is 64.5 Å². The topological polar surface area (TPSA) is 15.3 Å². The average molecular weight is 288 g/mol. The number of nitrogens with zero attached hydrogens (tertiary/aromatic N) is 1. The summed E-state index contributed by atoms with van der Waals surface area (Å²) < 4.78 is 0. The molecule has 1 atom stereocenters. The third-order valence-electron chi connectivity index (χ3n) is 4.91. The van der Waals surface area contributed by atoms with Crippen LogP contribution >= 0.6 is 0 Å². The Kier molecular flexibility index (Phi) is 6.72. The van der Waals surface area contributed by atoms with Crippen LogP contribution in [0.5, 0.6) is 0 Å². The Morgan fingerprint density at radius 3 is 2.48 bits per heavy atom. The number of hydrogen-bond donors (Lipinski definition) is 1. The van der Waals surface area contributed by atoms with E-state index >= 15 is 0 Å². The van der Waals surface area contributed by atoms with E-state index in [4.69, 9.17) is 0 Å². The molecule has 1 aromatic rings. The van der Waals surface area contributed by atoms with Crippen molar-refractivity contribution < 1.29 is 0 Å². The van der Waals surface area contributed by atoms with E-state index in [2.05, 4.69) is 55.4 Å². The van der Waals surface area contributed by atoms with Gasteiger partial charge in [0.1, 0.15) is 0 Å². The molecule has 1 fully saturated rings. The molecule has 1 aliphatic rings. The molecular formula is C19H32N2. The third kappa shape index (κ3) is 5.44. The summed E-state index contributed by atoms with van der Waals surface area (Å²) in [5, 5.41) is 3.65. The standard InChI is InChI=1S/C19H32N2/c1-16-10-12-18(13-11-16)17(2)20-14-7-15-21(3)19-8-5-4-6-9-19/h10-13,17,19-20H,4-9,14-15H2,1-3H3. The fourth-order valence-corrected chi connectivity index (χ4v) is 3.32. The van der Waals surface area contributed by atoms with Gasteiger partial charge in [0.2, 0.25) is 0 Å². The Labute approximate surface area is 130 Å². The SMILES string of the molecule is Cc1ccc(C(C)NCCCN(C)C2CCCCC2)cc1. The molecule has 0 spiro atoms. The van der Waals surface area contributed by atoms with Gasteiger partial charge >= 0.3 is 0 Å². The molecule has 0 amide bonds. The molecule has 1 saturated carbocycles. The van der Waals surface area contributed by atoms with Crippen LogP contribution in [0.2, 0.25) is 0 Å². The van der Waals surface area contributed by atoms with Gasteiger partial charge < -0.3 is 10.2 Å². The predicted molar refractivity (Wildman–Crippen MR) is 91.7 cm³/mol. The van der Waals surface area contributed by atoms with Gasteiger partial charge in [-0.2, -0.15) is 0 Å². The van der Waals surface area contributed by atoms with Crippen LogP contribution in [0.1, 0.15) is 62.6 Å². The molecule has 0 radical (unpaired) electrons. The van der Waals surface area contributed by atoms with Gasteiger partial charge in [-0.25, -0.2) is 0 Å². The zero-order valence-electron chi connectivity index (χ0n) is 14.1. The van der Waals surface area contributed by atoms with Crippen LogP contribution in [0.15, 0.2) is 24.3 Å². The van der Waals surface area contributed by atoms with Crippen LogP contribution in [-0.4, -0.2) is 31.1 Å². The fourth-order valence-electron chi connectivity index (χ4n) is 3.32. The van der Waals surface area contributed by atoms with E-state index < -0.39 is 0 Å². The zero-order chi connectivity index (χ0) is 15.1. The van der Waals surface area contributed by atoms with E-state index in [9.17, 15) is 0 Å². The highest BCUT2D eigenvalue weighted by Crippen LogP contribution is 2.21. The van der Waals surface area contributed by atoms with E-state index in [1.54, 1.807) is 0 Å². The predicted octanol–water partition coefficient (Wildman–Crippen LogP) is 4.30. The van der Waals surface area contributed by atoms with Crippen LogP contribution in [-0.2, 0) is 0 Å². The van der Waals surface area contributed by atoms with E-state index in [0.717, 1.165) is 12.6 Å². The van der Waals surface area contributed by atoms with E-state index in [0.29, 0.717) is 6.04 Å². The van der Waals surface area contributed by atoms with Gasteiger partial charge in [-0.3, -0.25) is 0 Å². The van der Waals surface area contributed by atoms with Gasteiger partial charge in [-0.05, 0) is 58.8 Å². The summed E-state index contributed by atoms with van der Waals surface area (Å²) in [6.07, 6.45) is 8.35. The molecule has 0 bridgehead atoms. The summed E-state index contributed by atoms with van der Waals surface area (Å²) in [7, 11) is 2.30. The molecular weight excluding hydrogens is 256 g/mol. The number of nitrogens with one attached hydrogen (secondary N) is 1. The van der Waals surface area contributed by atoms with Crippen molar-refractivity contribution in [3.8, 4) is 0 Å². The quantitative estimate of drug-likeness (QED) is 0.753. The number of rotatable bonds is 7. The molecule has 2 heteroatoms. The van der Waals surface area contributed by atoms with Crippen molar-refractivity contribution in [2.24, 2.45) is 0 Å². The van der Waals surface area contributed by atoms with Gasteiger partial charge in [0, 0.05) is 12.1 Å². The normalized spacial score (nSPS) is 18.1. The maximum Gasteiger partial charge on any atom is 0.0291 e. The number of aryl methyl sites for hydroxylation is 1. The minimum atomic E-state index is 0.450. The van der Waals surface area contributed by atoms with Crippen molar-refractivity contribution in [3.05, 3.63) is 35.4 Å². The summed E-state index contributed by atoms with van der Waals surface area (Å²) in [5.41, 5.74) is 2.72. The second-order valence-corrected chi connectivity index (χ2v) is 6.71. The van der Waals surface area contributed by atoms with Crippen LogP contribution < -0.4 is 5.32 Å². The second-order valence-electron chi connectivity index (χ2n) is 6.71. The van der Waals surface area contributed by atoms with Crippen molar-refractivity contribution in [2.75, 3.05) is 20.1 Å². The summed E-state index contributed by atoms with van der Waals surface area (Å²) in [6.45, 7) is 6.73. The summed E-state index contributed by atoms with van der Waals surface area (Å²) in [5.74, 6) is 0. The van der Waals surface area contributed by atoms with Crippen LogP contribution in [0.3, 0.4) is 0 Å². The molecule has 118 valence electrons. The molecule has 0 aromatic heterocycles. The van der Waals surface area contributed by atoms with Crippen molar-refractivity contribution in [3.63, 3.8) is 0 Å². The van der Waals surface area contributed by atoms with Gasteiger partial charge in [-0.1, -0.05) is 49.1 Å². The van der Waals surface area contributed by atoms with Crippen molar-refractivity contribution in [1.82, 2.24) is 10.2 Å². The monoisotopic (exact) mass is 288 g/mol.